The maximum Gasteiger partial charge on any atom is 0.348 e. The van der Waals surface area contributed by atoms with Gasteiger partial charge in [-0.1, -0.05) is 0 Å². The number of carbonyl (C=O) groups is 2. The first kappa shape index (κ1) is 16.5. The summed E-state index contributed by atoms with van der Waals surface area (Å²) in [4.78, 5) is 24.3. The van der Waals surface area contributed by atoms with E-state index in [2.05, 4.69) is 15.9 Å². The van der Waals surface area contributed by atoms with Gasteiger partial charge in [0.2, 0.25) is 0 Å². The molecule has 2 aromatic rings. The zero-order valence-corrected chi connectivity index (χ0v) is 14.3. The Hall–Kier alpha value is -1.86. The Bertz CT molecular complexity index is 695. The van der Waals surface area contributed by atoms with Crippen molar-refractivity contribution in [3.05, 3.63) is 44.6 Å². The standard InChI is InChI=1S/C15H13BrO5S/c1-19-11-4-3-9(7-12(11)20-2)10(17)8-21-15(18)13-5-6-14(16)22-13/h3-7H,8H2,1-2H3. The molecular formula is C15H13BrO5S. The average Bonchev–Trinajstić information content (AvgIpc) is 2.98. The zero-order chi connectivity index (χ0) is 16.1. The molecule has 0 radical (unpaired) electrons. The molecule has 1 aromatic carbocycles. The highest BCUT2D eigenvalue weighted by molar-refractivity contribution is 9.11. The van der Waals surface area contributed by atoms with Crippen molar-refractivity contribution in [2.24, 2.45) is 0 Å². The predicted molar refractivity (Wildman–Crippen MR) is 86.2 cm³/mol. The number of hydrogen-bond donors (Lipinski definition) is 0. The molecule has 1 aromatic heterocycles. The van der Waals surface area contributed by atoms with E-state index in [9.17, 15) is 9.59 Å². The van der Waals surface area contributed by atoms with Crippen LogP contribution in [0.15, 0.2) is 34.1 Å². The van der Waals surface area contributed by atoms with Crippen molar-refractivity contribution in [1.82, 2.24) is 0 Å². The number of carbonyl (C=O) groups excluding carboxylic acids is 2. The van der Waals surface area contributed by atoms with E-state index in [0.717, 1.165) is 3.79 Å². The molecule has 22 heavy (non-hydrogen) atoms. The van der Waals surface area contributed by atoms with E-state index in [1.807, 2.05) is 0 Å². The van der Waals surface area contributed by atoms with Gasteiger partial charge in [-0.15, -0.1) is 11.3 Å². The van der Waals surface area contributed by atoms with Crippen molar-refractivity contribution in [3.63, 3.8) is 0 Å². The normalized spacial score (nSPS) is 10.1. The minimum atomic E-state index is -0.524. The Balaban J connectivity index is 2.02. The van der Waals surface area contributed by atoms with Crippen LogP contribution in [-0.4, -0.2) is 32.6 Å². The van der Waals surface area contributed by atoms with Gasteiger partial charge in [-0.25, -0.2) is 4.79 Å². The van der Waals surface area contributed by atoms with Crippen molar-refractivity contribution in [1.29, 1.82) is 0 Å². The fourth-order valence-corrected chi connectivity index (χ4v) is 3.00. The van der Waals surface area contributed by atoms with E-state index < -0.39 is 5.97 Å². The second-order valence-corrected chi connectivity index (χ2v) is 6.64. The maximum absolute atomic E-state index is 12.1. The van der Waals surface area contributed by atoms with Crippen LogP contribution in [0.5, 0.6) is 11.5 Å². The predicted octanol–water partition coefficient (Wildman–Crippen LogP) is 3.57. The van der Waals surface area contributed by atoms with Gasteiger partial charge in [0, 0.05) is 5.56 Å². The molecule has 1 heterocycles. The number of ketones is 1. The molecule has 0 N–H and O–H groups in total. The van der Waals surface area contributed by atoms with Gasteiger partial charge in [-0.3, -0.25) is 4.79 Å². The molecule has 2 rings (SSSR count). The molecule has 0 amide bonds. The monoisotopic (exact) mass is 384 g/mol. The van der Waals surface area contributed by atoms with Gasteiger partial charge in [0.25, 0.3) is 0 Å². The zero-order valence-electron chi connectivity index (χ0n) is 11.9. The lowest BCUT2D eigenvalue weighted by atomic mass is 10.1. The smallest absolute Gasteiger partial charge is 0.348 e. The molecule has 0 aliphatic rings. The Kier molecular flexibility index (Phi) is 5.57. The summed E-state index contributed by atoms with van der Waals surface area (Å²) in [5, 5.41) is 0. The molecule has 0 aliphatic carbocycles. The summed E-state index contributed by atoms with van der Waals surface area (Å²) in [6, 6.07) is 8.16. The van der Waals surface area contributed by atoms with Gasteiger partial charge in [0.15, 0.2) is 23.9 Å². The Labute approximate surface area is 139 Å². The first-order valence-electron chi connectivity index (χ1n) is 6.23. The van der Waals surface area contributed by atoms with Crippen molar-refractivity contribution in [3.8, 4) is 11.5 Å². The first-order valence-corrected chi connectivity index (χ1v) is 7.83. The summed E-state index contributed by atoms with van der Waals surface area (Å²) in [6.07, 6.45) is 0. The fraction of sp³-hybridized carbons (Fsp3) is 0.200. The number of thiophene rings is 1. The van der Waals surface area contributed by atoms with Gasteiger partial charge in [-0.2, -0.15) is 0 Å². The molecule has 5 nitrogen and oxygen atoms in total. The Morgan fingerprint density at radius 1 is 1.09 bits per heavy atom. The van der Waals surface area contributed by atoms with E-state index in [-0.39, 0.29) is 12.4 Å². The summed E-state index contributed by atoms with van der Waals surface area (Å²) in [7, 11) is 3.00. The quantitative estimate of drug-likeness (QED) is 0.562. The lowest BCUT2D eigenvalue weighted by molar-refractivity contribution is 0.0479. The largest absolute Gasteiger partial charge is 0.493 e. The number of benzene rings is 1. The van der Waals surface area contributed by atoms with Crippen LogP contribution in [0.4, 0.5) is 0 Å². The second-order valence-electron chi connectivity index (χ2n) is 4.17. The van der Waals surface area contributed by atoms with E-state index in [1.165, 1.54) is 25.6 Å². The number of halogens is 1. The van der Waals surface area contributed by atoms with Gasteiger partial charge in [0.05, 0.1) is 18.0 Å². The molecule has 0 unspecified atom stereocenters. The van der Waals surface area contributed by atoms with Gasteiger partial charge in [-0.05, 0) is 46.3 Å². The van der Waals surface area contributed by atoms with Crippen molar-refractivity contribution >= 4 is 39.0 Å². The highest BCUT2D eigenvalue weighted by atomic mass is 79.9. The highest BCUT2D eigenvalue weighted by Gasteiger charge is 2.15. The third-order valence-electron chi connectivity index (χ3n) is 2.81. The van der Waals surface area contributed by atoms with Crippen LogP contribution in [0.3, 0.4) is 0 Å². The van der Waals surface area contributed by atoms with Crippen LogP contribution in [0.25, 0.3) is 0 Å². The maximum atomic E-state index is 12.1. The Morgan fingerprint density at radius 2 is 1.82 bits per heavy atom. The van der Waals surface area contributed by atoms with Crippen LogP contribution >= 0.6 is 27.3 Å². The number of hydrogen-bond acceptors (Lipinski definition) is 6. The van der Waals surface area contributed by atoms with Crippen molar-refractivity contribution < 1.29 is 23.8 Å². The first-order chi connectivity index (χ1) is 10.5. The molecule has 116 valence electrons. The topological polar surface area (TPSA) is 61.8 Å². The van der Waals surface area contributed by atoms with E-state index in [4.69, 9.17) is 14.2 Å². The van der Waals surface area contributed by atoms with Crippen molar-refractivity contribution in [2.45, 2.75) is 0 Å². The minimum Gasteiger partial charge on any atom is -0.493 e. The van der Waals surface area contributed by atoms with Crippen LogP contribution in [-0.2, 0) is 4.74 Å². The number of methoxy groups -OCH3 is 2. The summed E-state index contributed by atoms with van der Waals surface area (Å²) in [5.41, 5.74) is 0.387. The number of esters is 1. The van der Waals surface area contributed by atoms with Crippen LogP contribution in [0.2, 0.25) is 0 Å². The van der Waals surface area contributed by atoms with Crippen LogP contribution in [0, 0.1) is 0 Å². The van der Waals surface area contributed by atoms with E-state index in [1.54, 1.807) is 30.3 Å². The lowest BCUT2D eigenvalue weighted by Crippen LogP contribution is -2.13. The van der Waals surface area contributed by atoms with E-state index in [0.29, 0.717) is 21.9 Å². The number of ether oxygens (including phenoxy) is 3. The molecule has 7 heteroatoms. The fourth-order valence-electron chi connectivity index (χ4n) is 1.72. The molecule has 0 spiro atoms. The SMILES string of the molecule is COc1ccc(C(=O)COC(=O)c2ccc(Br)s2)cc1OC. The third kappa shape index (κ3) is 3.86. The van der Waals surface area contributed by atoms with Crippen LogP contribution in [0.1, 0.15) is 20.0 Å². The summed E-state index contributed by atoms with van der Waals surface area (Å²) in [6.45, 7) is -0.330. The van der Waals surface area contributed by atoms with Crippen LogP contribution < -0.4 is 9.47 Å². The third-order valence-corrected chi connectivity index (χ3v) is 4.42. The highest BCUT2D eigenvalue weighted by Crippen LogP contribution is 2.28. The number of rotatable bonds is 6. The van der Waals surface area contributed by atoms with Gasteiger partial charge in [0.1, 0.15) is 4.88 Å². The minimum absolute atomic E-state index is 0.315. The number of Topliss-reactive ketones (excluding diaryl/α,β-unsaturated/α-hetero) is 1. The molecule has 0 fully saturated rings. The second kappa shape index (κ2) is 7.42. The molecule has 0 aliphatic heterocycles. The van der Waals surface area contributed by atoms with Gasteiger partial charge >= 0.3 is 5.97 Å². The lowest BCUT2D eigenvalue weighted by Gasteiger charge is -2.09. The summed E-state index contributed by atoms with van der Waals surface area (Å²) < 4.78 is 16.1. The van der Waals surface area contributed by atoms with E-state index >= 15 is 0 Å². The molecular weight excluding hydrogens is 372 g/mol. The molecule has 0 saturated heterocycles. The van der Waals surface area contributed by atoms with Gasteiger partial charge < -0.3 is 14.2 Å². The average molecular weight is 385 g/mol. The molecule has 0 atom stereocenters. The van der Waals surface area contributed by atoms with Crippen molar-refractivity contribution in [2.75, 3.05) is 20.8 Å². The molecule has 0 saturated carbocycles. The summed E-state index contributed by atoms with van der Waals surface area (Å²) in [5.74, 6) is 0.135. The Morgan fingerprint density at radius 3 is 2.41 bits per heavy atom. The molecule has 0 bridgehead atoms. The summed E-state index contributed by atoms with van der Waals surface area (Å²) >= 11 is 4.51.